The first-order valence-electron chi connectivity index (χ1n) is 9.73. The van der Waals surface area contributed by atoms with Crippen molar-refractivity contribution in [3.8, 4) is 0 Å². The molecule has 7 nitrogen and oxygen atoms in total. The minimum atomic E-state index is -0.437. The van der Waals surface area contributed by atoms with E-state index >= 15 is 0 Å². The molecule has 27 heavy (non-hydrogen) atoms. The number of hydrogen-bond acceptors (Lipinski definition) is 4. The quantitative estimate of drug-likeness (QED) is 0.837. The average Bonchev–Trinajstić information content (AvgIpc) is 2.68. The molecule has 1 aromatic rings. The van der Waals surface area contributed by atoms with Gasteiger partial charge in [0.05, 0.1) is 13.2 Å². The molecule has 3 rings (SSSR count). The molecule has 148 valence electrons. The predicted molar refractivity (Wildman–Crippen MR) is 103 cm³/mol. The highest BCUT2D eigenvalue weighted by Crippen LogP contribution is 2.15. The third-order valence-corrected chi connectivity index (χ3v) is 5.31. The van der Waals surface area contributed by atoms with Crippen LogP contribution in [-0.4, -0.2) is 85.2 Å². The number of piperazine rings is 1. The second kappa shape index (κ2) is 9.19. The van der Waals surface area contributed by atoms with Crippen molar-refractivity contribution in [3.63, 3.8) is 0 Å². The zero-order valence-electron chi connectivity index (χ0n) is 16.3. The lowest BCUT2D eigenvalue weighted by Gasteiger charge is -2.39. The van der Waals surface area contributed by atoms with E-state index in [2.05, 4.69) is 34.5 Å². The fourth-order valence-corrected chi connectivity index (χ4v) is 3.53. The molecule has 1 atom stereocenters. The van der Waals surface area contributed by atoms with E-state index in [-0.39, 0.29) is 11.9 Å². The van der Waals surface area contributed by atoms with Gasteiger partial charge in [0, 0.05) is 45.8 Å². The van der Waals surface area contributed by atoms with E-state index in [1.165, 1.54) is 5.56 Å². The molecule has 0 aromatic heterocycles. The van der Waals surface area contributed by atoms with Crippen LogP contribution in [0, 0.1) is 6.92 Å². The van der Waals surface area contributed by atoms with Crippen LogP contribution in [-0.2, 0) is 16.1 Å². The molecule has 0 unspecified atom stereocenters. The average molecular weight is 374 g/mol. The molecule has 0 radical (unpaired) electrons. The van der Waals surface area contributed by atoms with Gasteiger partial charge in [-0.1, -0.05) is 29.8 Å². The van der Waals surface area contributed by atoms with Crippen LogP contribution in [0.15, 0.2) is 24.3 Å². The summed E-state index contributed by atoms with van der Waals surface area (Å²) in [6, 6.07) is 7.63. The normalized spacial score (nSPS) is 21.4. The molecule has 2 fully saturated rings. The van der Waals surface area contributed by atoms with Crippen molar-refractivity contribution in [1.29, 1.82) is 0 Å². The van der Waals surface area contributed by atoms with E-state index in [0.717, 1.165) is 38.4 Å². The zero-order chi connectivity index (χ0) is 19.2. The van der Waals surface area contributed by atoms with Gasteiger partial charge in [-0.3, -0.25) is 9.69 Å². The molecule has 3 amide bonds. The summed E-state index contributed by atoms with van der Waals surface area (Å²) < 4.78 is 5.33. The Morgan fingerprint density at radius 1 is 1.15 bits per heavy atom. The van der Waals surface area contributed by atoms with Crippen LogP contribution in [0.2, 0.25) is 0 Å². The molecule has 2 aliphatic heterocycles. The smallest absolute Gasteiger partial charge is 0.318 e. The monoisotopic (exact) mass is 374 g/mol. The Bertz CT molecular complexity index is 643. The number of hydrogen-bond donors (Lipinski definition) is 1. The van der Waals surface area contributed by atoms with Gasteiger partial charge in [-0.25, -0.2) is 4.79 Å². The summed E-state index contributed by atoms with van der Waals surface area (Å²) >= 11 is 0. The third kappa shape index (κ3) is 5.20. The summed E-state index contributed by atoms with van der Waals surface area (Å²) in [7, 11) is 0. The molecule has 7 heteroatoms. The van der Waals surface area contributed by atoms with Gasteiger partial charge >= 0.3 is 6.03 Å². The first-order valence-corrected chi connectivity index (χ1v) is 9.73. The number of urea groups is 1. The zero-order valence-corrected chi connectivity index (χ0v) is 16.3. The summed E-state index contributed by atoms with van der Waals surface area (Å²) in [6.07, 6.45) is 0. The van der Waals surface area contributed by atoms with Crippen LogP contribution >= 0.6 is 0 Å². The number of benzene rings is 1. The number of nitrogens with zero attached hydrogens (tertiary/aromatic N) is 3. The minimum Gasteiger partial charge on any atom is -0.379 e. The van der Waals surface area contributed by atoms with Crippen LogP contribution in [0.4, 0.5) is 4.79 Å². The Balaban J connectivity index is 1.46. The largest absolute Gasteiger partial charge is 0.379 e. The van der Waals surface area contributed by atoms with E-state index in [0.29, 0.717) is 26.2 Å². The van der Waals surface area contributed by atoms with Gasteiger partial charge in [-0.05, 0) is 19.4 Å². The third-order valence-electron chi connectivity index (χ3n) is 5.31. The van der Waals surface area contributed by atoms with Gasteiger partial charge in [-0.2, -0.15) is 0 Å². The Labute approximate surface area is 161 Å². The van der Waals surface area contributed by atoms with Gasteiger partial charge in [0.15, 0.2) is 0 Å². The summed E-state index contributed by atoms with van der Waals surface area (Å²) in [5.74, 6) is 0.00477. The van der Waals surface area contributed by atoms with Crippen molar-refractivity contribution in [2.75, 3.05) is 52.5 Å². The summed E-state index contributed by atoms with van der Waals surface area (Å²) in [5, 5.41) is 2.96. The molecule has 0 aliphatic carbocycles. The van der Waals surface area contributed by atoms with Crippen molar-refractivity contribution in [1.82, 2.24) is 20.0 Å². The van der Waals surface area contributed by atoms with Crippen molar-refractivity contribution in [3.05, 3.63) is 35.4 Å². The molecule has 2 heterocycles. The standard InChI is InChI=1S/C20H30N4O3/c1-16-3-5-18(6-4-16)15-23-9-10-24(17(2)19(23)25)20(26)21-7-8-22-11-13-27-14-12-22/h3-6,17H,7-15H2,1-2H3,(H,21,26)/t17-/m0/s1. The number of carbonyl (C=O) groups is 2. The fraction of sp³-hybridized carbons (Fsp3) is 0.600. The SMILES string of the molecule is Cc1ccc(CN2CCN(C(=O)NCCN3CCOCC3)[C@@H](C)C2=O)cc1. The molecular formula is C20H30N4O3. The molecule has 2 aliphatic rings. The van der Waals surface area contributed by atoms with Crippen LogP contribution in [0.3, 0.4) is 0 Å². The van der Waals surface area contributed by atoms with Crippen molar-refractivity contribution in [2.45, 2.75) is 26.4 Å². The number of nitrogens with one attached hydrogen (secondary N) is 1. The molecular weight excluding hydrogens is 344 g/mol. The van der Waals surface area contributed by atoms with Crippen molar-refractivity contribution in [2.24, 2.45) is 0 Å². The summed E-state index contributed by atoms with van der Waals surface area (Å²) in [5.41, 5.74) is 2.32. The number of rotatable bonds is 5. The van der Waals surface area contributed by atoms with E-state index in [1.807, 2.05) is 18.7 Å². The summed E-state index contributed by atoms with van der Waals surface area (Å²) in [6.45, 7) is 10.3. The van der Waals surface area contributed by atoms with Gasteiger partial charge in [-0.15, -0.1) is 0 Å². The molecule has 1 N–H and O–H groups in total. The first-order chi connectivity index (χ1) is 13.0. The highest BCUT2D eigenvalue weighted by atomic mass is 16.5. The topological polar surface area (TPSA) is 65.1 Å². The summed E-state index contributed by atoms with van der Waals surface area (Å²) in [4.78, 5) is 31.0. The van der Waals surface area contributed by atoms with Crippen LogP contribution in [0.5, 0.6) is 0 Å². The molecule has 1 aromatic carbocycles. The second-order valence-corrected chi connectivity index (χ2v) is 7.30. The lowest BCUT2D eigenvalue weighted by atomic mass is 10.1. The highest BCUT2D eigenvalue weighted by molar-refractivity contribution is 5.88. The van der Waals surface area contributed by atoms with Gasteiger partial charge < -0.3 is 19.9 Å². The molecule has 0 bridgehead atoms. The first kappa shape index (κ1) is 19.6. The molecule has 2 saturated heterocycles. The predicted octanol–water partition coefficient (Wildman–Crippen LogP) is 1.07. The maximum atomic E-state index is 12.7. The number of aryl methyl sites for hydroxylation is 1. The maximum Gasteiger partial charge on any atom is 0.318 e. The highest BCUT2D eigenvalue weighted by Gasteiger charge is 2.34. The molecule has 0 spiro atoms. The van der Waals surface area contributed by atoms with E-state index in [9.17, 15) is 9.59 Å². The number of morpholine rings is 1. The Hall–Kier alpha value is -2.12. The number of carbonyl (C=O) groups excluding carboxylic acids is 2. The van der Waals surface area contributed by atoms with E-state index < -0.39 is 6.04 Å². The molecule has 0 saturated carbocycles. The Kier molecular flexibility index (Phi) is 6.68. The lowest BCUT2D eigenvalue weighted by Crippen LogP contribution is -2.59. The van der Waals surface area contributed by atoms with Crippen LogP contribution < -0.4 is 5.32 Å². The van der Waals surface area contributed by atoms with E-state index in [1.54, 1.807) is 4.90 Å². The lowest BCUT2D eigenvalue weighted by molar-refractivity contribution is -0.139. The van der Waals surface area contributed by atoms with Crippen molar-refractivity contribution >= 4 is 11.9 Å². The van der Waals surface area contributed by atoms with Crippen LogP contribution in [0.25, 0.3) is 0 Å². The van der Waals surface area contributed by atoms with Gasteiger partial charge in [0.1, 0.15) is 6.04 Å². The Morgan fingerprint density at radius 3 is 2.56 bits per heavy atom. The maximum absolute atomic E-state index is 12.7. The van der Waals surface area contributed by atoms with Crippen LogP contribution in [0.1, 0.15) is 18.1 Å². The van der Waals surface area contributed by atoms with Gasteiger partial charge in [0.2, 0.25) is 5.91 Å². The number of amides is 3. The van der Waals surface area contributed by atoms with Crippen molar-refractivity contribution < 1.29 is 14.3 Å². The van der Waals surface area contributed by atoms with E-state index in [4.69, 9.17) is 4.74 Å². The minimum absolute atomic E-state index is 0.00477. The number of ether oxygens (including phenoxy) is 1. The second-order valence-electron chi connectivity index (χ2n) is 7.30. The fourth-order valence-electron chi connectivity index (χ4n) is 3.53. The van der Waals surface area contributed by atoms with Gasteiger partial charge in [0.25, 0.3) is 0 Å². The Morgan fingerprint density at radius 2 is 1.85 bits per heavy atom.